The number of carbonyl (C=O) groups is 2. The zero-order chi connectivity index (χ0) is 20.5. The number of rotatable bonds is 9. The van der Waals surface area contributed by atoms with Crippen molar-refractivity contribution in [1.82, 2.24) is 0 Å². The summed E-state index contributed by atoms with van der Waals surface area (Å²) in [6, 6.07) is 16.2. The average Bonchev–Trinajstić information content (AvgIpc) is 2.76. The molecular weight excluding hydrogens is 364 g/mol. The molecular formula is C25H26O4. The van der Waals surface area contributed by atoms with Crippen molar-refractivity contribution >= 4 is 17.8 Å². The number of benzene rings is 2. The Hall–Kier alpha value is -3.14. The molecule has 1 aliphatic carbocycles. The normalized spacial score (nSPS) is 15.0. The van der Waals surface area contributed by atoms with E-state index in [4.69, 9.17) is 4.74 Å². The minimum Gasteiger partial charge on any atom is -0.479 e. The molecule has 4 nitrogen and oxygen atoms in total. The highest BCUT2D eigenvalue weighted by Gasteiger charge is 2.20. The van der Waals surface area contributed by atoms with Crippen LogP contribution in [0.3, 0.4) is 0 Å². The number of carbonyl (C=O) groups excluding carboxylic acids is 1. The average molecular weight is 390 g/mol. The van der Waals surface area contributed by atoms with E-state index in [1.165, 1.54) is 24.5 Å². The maximum absolute atomic E-state index is 12.3. The summed E-state index contributed by atoms with van der Waals surface area (Å²) in [6.07, 6.45) is 10.4. The van der Waals surface area contributed by atoms with E-state index in [-0.39, 0.29) is 5.78 Å². The number of carboxylic acids is 1. The molecule has 0 saturated heterocycles. The second-order valence-electron chi connectivity index (χ2n) is 7.22. The Balaban J connectivity index is 1.57. The third kappa shape index (κ3) is 6.46. The van der Waals surface area contributed by atoms with Crippen LogP contribution in [-0.4, -0.2) is 23.0 Å². The van der Waals surface area contributed by atoms with E-state index in [9.17, 15) is 14.7 Å². The molecule has 0 fully saturated rings. The van der Waals surface area contributed by atoms with Crippen LogP contribution in [-0.2, 0) is 4.79 Å². The predicted molar refractivity (Wildman–Crippen MR) is 114 cm³/mol. The van der Waals surface area contributed by atoms with Gasteiger partial charge in [0.25, 0.3) is 0 Å². The van der Waals surface area contributed by atoms with Gasteiger partial charge in [-0.25, -0.2) is 4.79 Å². The summed E-state index contributed by atoms with van der Waals surface area (Å²) in [5.41, 5.74) is 2.82. The van der Waals surface area contributed by atoms with Gasteiger partial charge in [0, 0.05) is 5.56 Å². The Morgan fingerprint density at radius 1 is 1.03 bits per heavy atom. The zero-order valence-electron chi connectivity index (χ0n) is 16.4. The highest BCUT2D eigenvalue weighted by atomic mass is 16.5. The number of hydrogen-bond donors (Lipinski definition) is 1. The largest absolute Gasteiger partial charge is 0.479 e. The molecule has 0 saturated carbocycles. The van der Waals surface area contributed by atoms with Crippen molar-refractivity contribution in [3.05, 3.63) is 83.4 Å². The first kappa shape index (κ1) is 20.6. The molecule has 0 bridgehead atoms. The molecule has 0 aromatic heterocycles. The molecule has 0 spiro atoms. The van der Waals surface area contributed by atoms with Crippen LogP contribution in [0.25, 0.3) is 6.08 Å². The number of carboxylic acid groups (broad SMARTS) is 1. The quantitative estimate of drug-likeness (QED) is 0.339. The van der Waals surface area contributed by atoms with Gasteiger partial charge >= 0.3 is 5.97 Å². The standard InChI is InChI=1S/C25H26O4/c26-23(17-11-19-7-3-1-4-8-19)21-13-15-22(16-14-21)29-24(25(27)28)18-12-20-9-5-2-6-10-20/h1,3-4,7-9,11,13-17,24H,2,5-6,10,12,18H2,(H,27,28). The molecule has 0 heterocycles. The van der Waals surface area contributed by atoms with Gasteiger partial charge in [-0.1, -0.05) is 48.1 Å². The SMILES string of the molecule is O=C(C=Cc1ccccc1)c1ccc(OC(CCC2=CCCCC2)C(=O)O)cc1. The summed E-state index contributed by atoms with van der Waals surface area (Å²) in [5, 5.41) is 9.48. The van der Waals surface area contributed by atoms with Crippen molar-refractivity contribution in [3.63, 3.8) is 0 Å². The number of ketones is 1. The lowest BCUT2D eigenvalue weighted by Crippen LogP contribution is -2.27. The van der Waals surface area contributed by atoms with E-state index in [2.05, 4.69) is 6.08 Å². The fourth-order valence-electron chi connectivity index (χ4n) is 3.38. The monoisotopic (exact) mass is 390 g/mol. The molecule has 1 aliphatic rings. The molecule has 2 aromatic carbocycles. The van der Waals surface area contributed by atoms with Gasteiger partial charge < -0.3 is 9.84 Å². The van der Waals surface area contributed by atoms with Crippen LogP contribution in [0, 0.1) is 0 Å². The van der Waals surface area contributed by atoms with Gasteiger partial charge in [-0.15, -0.1) is 0 Å². The number of ether oxygens (including phenoxy) is 1. The van der Waals surface area contributed by atoms with E-state index >= 15 is 0 Å². The topological polar surface area (TPSA) is 63.6 Å². The Bertz CT molecular complexity index is 879. The van der Waals surface area contributed by atoms with Crippen LogP contribution in [0.4, 0.5) is 0 Å². The van der Waals surface area contributed by atoms with E-state index in [0.29, 0.717) is 17.7 Å². The summed E-state index contributed by atoms with van der Waals surface area (Å²) in [6.45, 7) is 0. The summed E-state index contributed by atoms with van der Waals surface area (Å²) in [4.78, 5) is 23.9. The van der Waals surface area contributed by atoms with E-state index < -0.39 is 12.1 Å². The van der Waals surface area contributed by atoms with Crippen molar-refractivity contribution in [2.24, 2.45) is 0 Å². The van der Waals surface area contributed by atoms with Crippen LogP contribution in [0.15, 0.2) is 72.3 Å². The van der Waals surface area contributed by atoms with Gasteiger partial charge in [-0.05, 0) is 74.4 Å². The van der Waals surface area contributed by atoms with Gasteiger partial charge in [0.2, 0.25) is 0 Å². The van der Waals surface area contributed by atoms with E-state index in [0.717, 1.165) is 24.8 Å². The van der Waals surface area contributed by atoms with Gasteiger partial charge in [0.15, 0.2) is 11.9 Å². The maximum Gasteiger partial charge on any atom is 0.344 e. The molecule has 2 aromatic rings. The smallest absolute Gasteiger partial charge is 0.344 e. The molecule has 1 atom stereocenters. The van der Waals surface area contributed by atoms with Crippen LogP contribution in [0.1, 0.15) is 54.4 Å². The third-order valence-electron chi connectivity index (χ3n) is 5.03. The van der Waals surface area contributed by atoms with Crippen LogP contribution in [0.5, 0.6) is 5.75 Å². The third-order valence-corrected chi connectivity index (χ3v) is 5.03. The minimum atomic E-state index is -0.965. The van der Waals surface area contributed by atoms with Crippen molar-refractivity contribution in [2.75, 3.05) is 0 Å². The Kier molecular flexibility index (Phi) is 7.40. The van der Waals surface area contributed by atoms with Crippen molar-refractivity contribution in [1.29, 1.82) is 0 Å². The molecule has 3 rings (SSSR count). The fraction of sp³-hybridized carbons (Fsp3) is 0.280. The van der Waals surface area contributed by atoms with Gasteiger partial charge in [0.05, 0.1) is 0 Å². The highest BCUT2D eigenvalue weighted by molar-refractivity contribution is 6.06. The number of aliphatic carboxylic acids is 1. The molecule has 4 heteroatoms. The van der Waals surface area contributed by atoms with Crippen molar-refractivity contribution < 1.29 is 19.4 Å². The molecule has 1 N–H and O–H groups in total. The Morgan fingerprint density at radius 2 is 1.79 bits per heavy atom. The maximum atomic E-state index is 12.3. The lowest BCUT2D eigenvalue weighted by atomic mass is 9.95. The molecule has 0 radical (unpaired) electrons. The molecule has 29 heavy (non-hydrogen) atoms. The summed E-state index contributed by atoms with van der Waals surface area (Å²) in [5.74, 6) is -0.620. The minimum absolute atomic E-state index is 0.112. The van der Waals surface area contributed by atoms with E-state index in [1.54, 1.807) is 30.3 Å². The summed E-state index contributed by atoms with van der Waals surface area (Å²) < 4.78 is 5.67. The van der Waals surface area contributed by atoms with Crippen molar-refractivity contribution in [3.8, 4) is 5.75 Å². The summed E-state index contributed by atoms with van der Waals surface area (Å²) >= 11 is 0. The first-order chi connectivity index (χ1) is 14.1. The lowest BCUT2D eigenvalue weighted by molar-refractivity contribution is -0.145. The van der Waals surface area contributed by atoms with Gasteiger partial charge in [0.1, 0.15) is 5.75 Å². The van der Waals surface area contributed by atoms with Crippen molar-refractivity contribution in [2.45, 2.75) is 44.6 Å². The second kappa shape index (κ2) is 10.4. The second-order valence-corrected chi connectivity index (χ2v) is 7.22. The summed E-state index contributed by atoms with van der Waals surface area (Å²) in [7, 11) is 0. The van der Waals surface area contributed by atoms with Crippen LogP contribution in [0.2, 0.25) is 0 Å². The van der Waals surface area contributed by atoms with Crippen LogP contribution >= 0.6 is 0 Å². The lowest BCUT2D eigenvalue weighted by Gasteiger charge is -2.18. The number of allylic oxidation sites excluding steroid dienone is 3. The number of hydrogen-bond acceptors (Lipinski definition) is 3. The van der Waals surface area contributed by atoms with Crippen LogP contribution < -0.4 is 4.74 Å². The Morgan fingerprint density at radius 3 is 2.45 bits per heavy atom. The molecule has 0 aliphatic heterocycles. The Labute approximate surface area is 171 Å². The first-order valence-corrected chi connectivity index (χ1v) is 10.1. The highest BCUT2D eigenvalue weighted by Crippen LogP contribution is 2.23. The van der Waals surface area contributed by atoms with E-state index in [1.807, 2.05) is 30.3 Å². The molecule has 1 unspecified atom stereocenters. The molecule has 0 amide bonds. The zero-order valence-corrected chi connectivity index (χ0v) is 16.4. The van der Waals surface area contributed by atoms with Gasteiger partial charge in [-0.2, -0.15) is 0 Å². The molecule has 150 valence electrons. The van der Waals surface area contributed by atoms with Gasteiger partial charge in [-0.3, -0.25) is 4.79 Å². The fourth-order valence-corrected chi connectivity index (χ4v) is 3.38. The first-order valence-electron chi connectivity index (χ1n) is 10.1. The predicted octanol–water partition coefficient (Wildman–Crippen LogP) is 5.70.